The average Bonchev–Trinajstić information content (AvgIpc) is 2.89. The Morgan fingerprint density at radius 3 is 2.31 bits per heavy atom. The molecule has 0 radical (unpaired) electrons. The average molecular weight is 484 g/mol. The van der Waals surface area contributed by atoms with E-state index in [1.54, 1.807) is 17.9 Å². The maximum absolute atomic E-state index is 13.6. The van der Waals surface area contributed by atoms with Gasteiger partial charge in [-0.15, -0.1) is 0 Å². The second-order valence-electron chi connectivity index (χ2n) is 8.71. The van der Waals surface area contributed by atoms with E-state index >= 15 is 0 Å². The molecule has 0 bridgehead atoms. The summed E-state index contributed by atoms with van der Waals surface area (Å²) in [5.74, 6) is 1.32. The first kappa shape index (κ1) is 23.4. The number of amides is 1. The van der Waals surface area contributed by atoms with E-state index in [2.05, 4.69) is 14.8 Å². The lowest BCUT2D eigenvalue weighted by atomic mass is 10.1. The topological polar surface area (TPSA) is 79.7 Å². The Balaban J connectivity index is 1.63. The van der Waals surface area contributed by atoms with Crippen LogP contribution in [-0.2, 0) is 4.74 Å². The van der Waals surface area contributed by atoms with Gasteiger partial charge in [-0.3, -0.25) is 9.36 Å². The summed E-state index contributed by atoms with van der Waals surface area (Å²) < 4.78 is 7.22. The van der Waals surface area contributed by atoms with E-state index in [-0.39, 0.29) is 11.5 Å². The number of hydrogen-bond acceptors (Lipinski definition) is 6. The first-order valence-electron chi connectivity index (χ1n) is 12.2. The van der Waals surface area contributed by atoms with Crippen LogP contribution in [0.15, 0.2) is 77.6 Å². The maximum atomic E-state index is 13.6. The number of carbonyl (C=O) groups excluding carboxylic acids is 1. The largest absolute Gasteiger partial charge is 0.450 e. The molecule has 1 amide bonds. The highest BCUT2D eigenvalue weighted by molar-refractivity contribution is 5.93. The molecule has 36 heavy (non-hydrogen) atoms. The molecule has 0 unspecified atom stereocenters. The molecular formula is C28H29N5O3. The van der Waals surface area contributed by atoms with Crippen LogP contribution in [-0.4, -0.2) is 53.3 Å². The number of nitrogens with one attached hydrogen (secondary N) is 1. The zero-order valence-corrected chi connectivity index (χ0v) is 20.5. The molecule has 1 saturated heterocycles. The number of nitrogens with zero attached hydrogens (tertiary/aromatic N) is 4. The molecule has 0 aliphatic carbocycles. The summed E-state index contributed by atoms with van der Waals surface area (Å²) in [6.45, 7) is 6.25. The first-order chi connectivity index (χ1) is 17.5. The van der Waals surface area contributed by atoms with Crippen LogP contribution in [0.2, 0.25) is 0 Å². The Hall–Kier alpha value is -4.33. The molecule has 2 aromatic heterocycles. The second-order valence-corrected chi connectivity index (χ2v) is 8.71. The Morgan fingerprint density at radius 1 is 0.972 bits per heavy atom. The van der Waals surface area contributed by atoms with Gasteiger partial charge in [-0.05, 0) is 44.2 Å². The molecule has 1 aliphatic heterocycles. The fourth-order valence-electron chi connectivity index (χ4n) is 4.60. The normalized spacial score (nSPS) is 13.6. The standard InChI is InChI=1S/C28H29N5O3/c1-3-36-28(35)32-16-14-31(15-17-32)27-26-23(18-20(2)29-27)33(22-12-8-5-9-13-22)25(19-24(26)34)30-21-10-6-4-7-11-21/h4-13,18-19,30H,3,14-17H2,1-2H3. The van der Waals surface area contributed by atoms with E-state index in [4.69, 9.17) is 9.72 Å². The third-order valence-electron chi connectivity index (χ3n) is 6.27. The molecule has 2 aromatic carbocycles. The van der Waals surface area contributed by atoms with Crippen molar-refractivity contribution in [2.45, 2.75) is 13.8 Å². The van der Waals surface area contributed by atoms with Gasteiger partial charge in [0.25, 0.3) is 0 Å². The van der Waals surface area contributed by atoms with Gasteiger partial charge in [0.1, 0.15) is 11.6 Å². The van der Waals surface area contributed by atoms with E-state index in [0.29, 0.717) is 49.8 Å². The van der Waals surface area contributed by atoms with E-state index in [0.717, 1.165) is 22.6 Å². The molecule has 8 heteroatoms. The van der Waals surface area contributed by atoms with Gasteiger partial charge in [0.2, 0.25) is 0 Å². The number of fused-ring (bicyclic) bond motifs is 1. The number of para-hydroxylation sites is 2. The highest BCUT2D eigenvalue weighted by Crippen LogP contribution is 2.30. The molecule has 4 aromatic rings. The van der Waals surface area contributed by atoms with Crippen molar-refractivity contribution in [1.29, 1.82) is 0 Å². The minimum absolute atomic E-state index is 0.106. The second kappa shape index (κ2) is 10.1. The molecule has 0 spiro atoms. The number of pyridine rings is 2. The number of carbonyl (C=O) groups is 1. The highest BCUT2D eigenvalue weighted by atomic mass is 16.6. The summed E-state index contributed by atoms with van der Waals surface area (Å²) in [6.07, 6.45) is -0.303. The van der Waals surface area contributed by atoms with Crippen molar-refractivity contribution in [3.63, 3.8) is 0 Å². The zero-order valence-electron chi connectivity index (χ0n) is 20.5. The molecule has 8 nitrogen and oxygen atoms in total. The SMILES string of the molecule is CCOC(=O)N1CCN(c2nc(C)cc3c2c(=O)cc(Nc2ccccc2)n3-c2ccccc2)CC1. The number of rotatable bonds is 5. The van der Waals surface area contributed by atoms with Gasteiger partial charge < -0.3 is 19.9 Å². The van der Waals surface area contributed by atoms with Gasteiger partial charge in [-0.2, -0.15) is 0 Å². The van der Waals surface area contributed by atoms with Crippen LogP contribution < -0.4 is 15.6 Å². The molecule has 3 heterocycles. The van der Waals surface area contributed by atoms with Gasteiger partial charge in [0, 0.05) is 49.3 Å². The predicted octanol–water partition coefficient (Wildman–Crippen LogP) is 4.72. The van der Waals surface area contributed by atoms with Gasteiger partial charge in [0.05, 0.1) is 17.5 Å². The Labute approximate surface area is 209 Å². The van der Waals surface area contributed by atoms with E-state index in [1.807, 2.05) is 73.7 Å². The Morgan fingerprint density at radius 2 is 1.64 bits per heavy atom. The monoisotopic (exact) mass is 483 g/mol. The van der Waals surface area contributed by atoms with Crippen LogP contribution in [0.25, 0.3) is 16.6 Å². The fraction of sp³-hybridized carbons (Fsp3) is 0.250. The van der Waals surface area contributed by atoms with Crippen LogP contribution in [0, 0.1) is 6.92 Å². The van der Waals surface area contributed by atoms with Gasteiger partial charge in [0.15, 0.2) is 5.43 Å². The summed E-state index contributed by atoms with van der Waals surface area (Å²) in [5, 5.41) is 3.99. The Kier molecular flexibility index (Phi) is 6.58. The van der Waals surface area contributed by atoms with Crippen molar-refractivity contribution in [1.82, 2.24) is 14.5 Å². The Bertz CT molecular complexity index is 1430. The summed E-state index contributed by atoms with van der Waals surface area (Å²) in [7, 11) is 0. The minimum Gasteiger partial charge on any atom is -0.450 e. The smallest absolute Gasteiger partial charge is 0.409 e. The number of benzene rings is 2. The van der Waals surface area contributed by atoms with Crippen molar-refractivity contribution in [3.05, 3.63) is 88.7 Å². The van der Waals surface area contributed by atoms with Gasteiger partial charge in [-0.25, -0.2) is 9.78 Å². The van der Waals surface area contributed by atoms with Crippen LogP contribution in [0.5, 0.6) is 0 Å². The molecule has 0 atom stereocenters. The molecule has 5 rings (SSSR count). The van der Waals surface area contributed by atoms with Crippen LogP contribution in [0.4, 0.5) is 22.1 Å². The van der Waals surface area contributed by atoms with E-state index in [1.165, 1.54) is 0 Å². The number of piperazine rings is 1. The van der Waals surface area contributed by atoms with E-state index < -0.39 is 0 Å². The van der Waals surface area contributed by atoms with Crippen LogP contribution >= 0.6 is 0 Å². The lowest BCUT2D eigenvalue weighted by Crippen LogP contribution is -2.49. The van der Waals surface area contributed by atoms with Crippen molar-refractivity contribution in [2.75, 3.05) is 43.0 Å². The molecule has 1 aliphatic rings. The van der Waals surface area contributed by atoms with Gasteiger partial charge >= 0.3 is 6.09 Å². The molecule has 184 valence electrons. The quantitative estimate of drug-likeness (QED) is 0.443. The number of hydrogen-bond donors (Lipinski definition) is 1. The van der Waals surface area contributed by atoms with E-state index in [9.17, 15) is 9.59 Å². The van der Waals surface area contributed by atoms with Crippen molar-refractivity contribution >= 4 is 34.3 Å². The summed E-state index contributed by atoms with van der Waals surface area (Å²) >= 11 is 0. The van der Waals surface area contributed by atoms with Crippen LogP contribution in [0.1, 0.15) is 12.6 Å². The van der Waals surface area contributed by atoms with Crippen LogP contribution in [0.3, 0.4) is 0 Å². The molecule has 1 fully saturated rings. The zero-order chi connectivity index (χ0) is 25.1. The van der Waals surface area contributed by atoms with Crippen molar-refractivity contribution in [2.24, 2.45) is 0 Å². The third kappa shape index (κ3) is 4.62. The third-order valence-corrected chi connectivity index (χ3v) is 6.27. The number of aromatic nitrogens is 2. The minimum atomic E-state index is -0.303. The highest BCUT2D eigenvalue weighted by Gasteiger charge is 2.26. The lowest BCUT2D eigenvalue weighted by Gasteiger charge is -2.35. The van der Waals surface area contributed by atoms with Crippen molar-refractivity contribution < 1.29 is 9.53 Å². The number of anilines is 3. The molecule has 0 saturated carbocycles. The summed E-state index contributed by atoms with van der Waals surface area (Å²) in [5.41, 5.74) is 3.31. The lowest BCUT2D eigenvalue weighted by molar-refractivity contribution is 0.105. The van der Waals surface area contributed by atoms with Crippen molar-refractivity contribution in [3.8, 4) is 5.69 Å². The fourth-order valence-corrected chi connectivity index (χ4v) is 4.60. The molecular weight excluding hydrogens is 454 g/mol. The first-order valence-corrected chi connectivity index (χ1v) is 12.2. The summed E-state index contributed by atoms with van der Waals surface area (Å²) in [4.78, 5) is 34.3. The summed E-state index contributed by atoms with van der Waals surface area (Å²) in [6, 6.07) is 23.4. The number of ether oxygens (including phenoxy) is 1. The maximum Gasteiger partial charge on any atom is 0.409 e. The number of aryl methyl sites for hydroxylation is 1. The predicted molar refractivity (Wildman–Crippen MR) is 143 cm³/mol. The molecule has 1 N–H and O–H groups in total. The van der Waals surface area contributed by atoms with Gasteiger partial charge in [-0.1, -0.05) is 36.4 Å².